The summed E-state index contributed by atoms with van der Waals surface area (Å²) < 4.78 is 1.45. The normalized spacial score (nSPS) is 14.4. The van der Waals surface area contributed by atoms with Gasteiger partial charge in [-0.1, -0.05) is 30.3 Å². The third-order valence-corrected chi connectivity index (χ3v) is 5.89. The zero-order valence-corrected chi connectivity index (χ0v) is 18.3. The molecule has 1 aliphatic heterocycles. The van der Waals surface area contributed by atoms with Crippen molar-refractivity contribution in [3.8, 4) is 11.3 Å². The van der Waals surface area contributed by atoms with Crippen molar-refractivity contribution in [3.63, 3.8) is 0 Å². The van der Waals surface area contributed by atoms with Crippen molar-refractivity contribution in [3.05, 3.63) is 82.9 Å². The molecule has 1 saturated heterocycles. The number of carbonyl (C=O) groups is 1. The summed E-state index contributed by atoms with van der Waals surface area (Å²) in [5.41, 5.74) is 2.84. The van der Waals surface area contributed by atoms with E-state index in [4.69, 9.17) is 0 Å². The summed E-state index contributed by atoms with van der Waals surface area (Å²) in [5, 5.41) is 4.45. The van der Waals surface area contributed by atoms with Crippen molar-refractivity contribution in [2.75, 3.05) is 32.7 Å². The second kappa shape index (κ2) is 10.8. The van der Waals surface area contributed by atoms with Crippen LogP contribution >= 0.6 is 0 Å². The Morgan fingerprint density at radius 3 is 2.38 bits per heavy atom. The average Bonchev–Trinajstić information content (AvgIpc) is 2.85. The molecule has 1 aromatic carbocycles. The maximum absolute atomic E-state index is 12.6. The van der Waals surface area contributed by atoms with Gasteiger partial charge in [-0.05, 0) is 36.6 Å². The van der Waals surface area contributed by atoms with Gasteiger partial charge in [0, 0.05) is 69.7 Å². The molecule has 166 valence electrons. The minimum absolute atomic E-state index is 0.151. The van der Waals surface area contributed by atoms with Crippen LogP contribution in [0.5, 0.6) is 0 Å². The van der Waals surface area contributed by atoms with Gasteiger partial charge < -0.3 is 4.90 Å². The summed E-state index contributed by atoms with van der Waals surface area (Å²) in [6, 6.07) is 17.5. The van der Waals surface area contributed by atoms with Gasteiger partial charge in [-0.2, -0.15) is 5.10 Å². The number of aryl methyl sites for hydroxylation is 1. The van der Waals surface area contributed by atoms with Gasteiger partial charge in [0.25, 0.3) is 5.56 Å². The quantitative estimate of drug-likeness (QED) is 0.548. The summed E-state index contributed by atoms with van der Waals surface area (Å²) in [6.45, 7) is 4.81. The number of nitrogens with zero attached hydrogens (tertiary/aromatic N) is 5. The molecule has 0 atom stereocenters. The Labute approximate surface area is 188 Å². The zero-order valence-electron chi connectivity index (χ0n) is 18.3. The Morgan fingerprint density at radius 2 is 1.62 bits per heavy atom. The minimum Gasteiger partial charge on any atom is -0.340 e. The van der Waals surface area contributed by atoms with Crippen LogP contribution in [0.2, 0.25) is 0 Å². The molecule has 1 fully saturated rings. The van der Waals surface area contributed by atoms with Gasteiger partial charge >= 0.3 is 0 Å². The standard InChI is InChI=1S/C25H29N5O2/c31-24(29-19-17-28(18-20-29)16-12-21-5-2-1-3-6-21)7-4-15-30-25(32)9-8-23(27-30)22-10-13-26-14-11-22/h1-3,5-6,8-11,13-14H,4,7,12,15-20H2. The summed E-state index contributed by atoms with van der Waals surface area (Å²) in [5.74, 6) is 0.158. The fraction of sp³-hybridized carbons (Fsp3) is 0.360. The van der Waals surface area contributed by atoms with Crippen molar-refractivity contribution >= 4 is 5.91 Å². The van der Waals surface area contributed by atoms with Crippen LogP contribution in [0.15, 0.2) is 71.8 Å². The summed E-state index contributed by atoms with van der Waals surface area (Å²) in [7, 11) is 0. The molecule has 0 bridgehead atoms. The highest BCUT2D eigenvalue weighted by atomic mass is 16.2. The van der Waals surface area contributed by atoms with E-state index in [0.717, 1.165) is 50.4 Å². The van der Waals surface area contributed by atoms with Gasteiger partial charge in [0.15, 0.2) is 0 Å². The highest BCUT2D eigenvalue weighted by Gasteiger charge is 2.20. The van der Waals surface area contributed by atoms with Gasteiger partial charge in [-0.3, -0.25) is 19.5 Å². The number of pyridine rings is 1. The molecule has 0 aliphatic carbocycles. The monoisotopic (exact) mass is 431 g/mol. The van der Waals surface area contributed by atoms with E-state index in [2.05, 4.69) is 39.2 Å². The SMILES string of the molecule is O=C(CCCn1nc(-c2ccncc2)ccc1=O)N1CCN(CCc2ccccc2)CC1. The number of rotatable bonds is 8. The molecular weight excluding hydrogens is 402 g/mol. The van der Waals surface area contributed by atoms with Crippen LogP contribution in [0.3, 0.4) is 0 Å². The predicted octanol–water partition coefficient (Wildman–Crippen LogP) is 2.47. The van der Waals surface area contributed by atoms with Crippen molar-refractivity contribution in [1.29, 1.82) is 0 Å². The average molecular weight is 432 g/mol. The highest BCUT2D eigenvalue weighted by Crippen LogP contribution is 2.13. The molecule has 3 heterocycles. The fourth-order valence-electron chi connectivity index (χ4n) is 3.98. The maximum atomic E-state index is 12.6. The summed E-state index contributed by atoms with van der Waals surface area (Å²) >= 11 is 0. The van der Waals surface area contributed by atoms with Crippen LogP contribution in [0.25, 0.3) is 11.3 Å². The van der Waals surface area contributed by atoms with E-state index in [1.54, 1.807) is 18.5 Å². The Morgan fingerprint density at radius 1 is 0.875 bits per heavy atom. The Hall–Kier alpha value is -3.32. The van der Waals surface area contributed by atoms with E-state index >= 15 is 0 Å². The molecule has 1 aliphatic rings. The third-order valence-electron chi connectivity index (χ3n) is 5.89. The predicted molar refractivity (Wildman–Crippen MR) is 124 cm³/mol. The lowest BCUT2D eigenvalue weighted by atomic mass is 10.1. The van der Waals surface area contributed by atoms with E-state index in [1.807, 2.05) is 23.1 Å². The molecule has 0 saturated carbocycles. The molecule has 0 unspecified atom stereocenters. The first-order valence-corrected chi connectivity index (χ1v) is 11.2. The first kappa shape index (κ1) is 21.9. The van der Waals surface area contributed by atoms with Gasteiger partial charge in [0.1, 0.15) is 0 Å². The lowest BCUT2D eigenvalue weighted by molar-refractivity contribution is -0.133. The lowest BCUT2D eigenvalue weighted by Gasteiger charge is -2.34. The number of benzene rings is 1. The number of aromatic nitrogens is 3. The Balaban J connectivity index is 1.22. The Kier molecular flexibility index (Phi) is 7.40. The second-order valence-corrected chi connectivity index (χ2v) is 8.08. The topological polar surface area (TPSA) is 71.3 Å². The van der Waals surface area contributed by atoms with Crippen molar-refractivity contribution in [1.82, 2.24) is 24.6 Å². The largest absolute Gasteiger partial charge is 0.340 e. The van der Waals surface area contributed by atoms with Gasteiger partial charge in [0.2, 0.25) is 5.91 Å². The highest BCUT2D eigenvalue weighted by molar-refractivity contribution is 5.76. The van der Waals surface area contributed by atoms with Crippen LogP contribution in [0.4, 0.5) is 0 Å². The van der Waals surface area contributed by atoms with E-state index in [0.29, 0.717) is 19.4 Å². The first-order valence-electron chi connectivity index (χ1n) is 11.2. The number of piperazine rings is 1. The molecule has 4 rings (SSSR count). The van der Waals surface area contributed by atoms with Gasteiger partial charge in [-0.25, -0.2) is 4.68 Å². The molecular formula is C25H29N5O2. The molecule has 0 spiro atoms. The number of carbonyl (C=O) groups excluding carboxylic acids is 1. The molecule has 3 aromatic rings. The van der Waals surface area contributed by atoms with Crippen LogP contribution in [0.1, 0.15) is 18.4 Å². The van der Waals surface area contributed by atoms with Crippen molar-refractivity contribution in [2.24, 2.45) is 0 Å². The fourth-order valence-corrected chi connectivity index (χ4v) is 3.98. The molecule has 1 amide bonds. The number of hydrogen-bond acceptors (Lipinski definition) is 5. The molecule has 7 nitrogen and oxygen atoms in total. The van der Waals surface area contributed by atoms with Gasteiger partial charge in [-0.15, -0.1) is 0 Å². The minimum atomic E-state index is -0.151. The van der Waals surface area contributed by atoms with E-state index in [1.165, 1.54) is 16.3 Å². The van der Waals surface area contributed by atoms with Crippen LogP contribution in [0, 0.1) is 0 Å². The molecule has 2 aromatic heterocycles. The zero-order chi connectivity index (χ0) is 22.2. The van der Waals surface area contributed by atoms with E-state index < -0.39 is 0 Å². The molecule has 0 N–H and O–H groups in total. The van der Waals surface area contributed by atoms with Crippen LogP contribution in [-0.4, -0.2) is 63.2 Å². The number of amides is 1. The van der Waals surface area contributed by atoms with E-state index in [9.17, 15) is 9.59 Å². The van der Waals surface area contributed by atoms with Crippen LogP contribution in [-0.2, 0) is 17.8 Å². The number of hydrogen-bond donors (Lipinski definition) is 0. The molecule has 32 heavy (non-hydrogen) atoms. The van der Waals surface area contributed by atoms with Crippen molar-refractivity contribution < 1.29 is 4.79 Å². The second-order valence-electron chi connectivity index (χ2n) is 8.08. The van der Waals surface area contributed by atoms with E-state index in [-0.39, 0.29) is 11.5 Å². The molecule has 7 heteroatoms. The van der Waals surface area contributed by atoms with Gasteiger partial charge in [0.05, 0.1) is 5.69 Å². The van der Waals surface area contributed by atoms with Crippen molar-refractivity contribution in [2.45, 2.75) is 25.8 Å². The Bertz CT molecular complexity index is 1060. The lowest BCUT2D eigenvalue weighted by Crippen LogP contribution is -2.49. The third kappa shape index (κ3) is 5.88. The molecule has 0 radical (unpaired) electrons. The maximum Gasteiger partial charge on any atom is 0.266 e. The first-order chi connectivity index (χ1) is 15.7. The van der Waals surface area contributed by atoms with Crippen LogP contribution < -0.4 is 5.56 Å². The smallest absolute Gasteiger partial charge is 0.266 e. The summed E-state index contributed by atoms with van der Waals surface area (Å²) in [4.78, 5) is 33.2. The summed E-state index contributed by atoms with van der Waals surface area (Å²) in [6.07, 6.45) is 5.46.